The van der Waals surface area contributed by atoms with Crippen LogP contribution in [0.3, 0.4) is 0 Å². The molecule has 0 N–H and O–H groups in total. The fraction of sp³-hybridized carbons (Fsp3) is 0.250. The van der Waals surface area contributed by atoms with Gasteiger partial charge in [-0.3, -0.25) is 4.98 Å². The number of halogens is 4. The summed E-state index contributed by atoms with van der Waals surface area (Å²) in [5.41, 5.74) is -0.164. The third-order valence-corrected chi connectivity index (χ3v) is 1.97. The van der Waals surface area contributed by atoms with Crippen LogP contribution < -0.4 is 4.74 Å². The third-order valence-electron chi connectivity index (χ3n) is 1.44. The molecule has 1 aromatic rings. The Morgan fingerprint density at radius 3 is 2.67 bits per heavy atom. The Morgan fingerprint density at radius 1 is 1.53 bits per heavy atom. The van der Waals surface area contributed by atoms with Crippen molar-refractivity contribution >= 4 is 15.9 Å². The predicted molar refractivity (Wildman–Crippen MR) is 48.3 cm³/mol. The van der Waals surface area contributed by atoms with Gasteiger partial charge in [0.15, 0.2) is 5.75 Å². The number of nitriles is 1. The second kappa shape index (κ2) is 4.49. The summed E-state index contributed by atoms with van der Waals surface area (Å²) >= 11 is 2.96. The lowest BCUT2D eigenvalue weighted by Crippen LogP contribution is -2.19. The van der Waals surface area contributed by atoms with Gasteiger partial charge in [-0.05, 0) is 6.07 Å². The van der Waals surface area contributed by atoms with Crippen molar-refractivity contribution in [1.82, 2.24) is 4.98 Å². The number of ether oxygens (including phenoxy) is 1. The molecule has 0 fully saturated rings. The molecular formula is C8H4BrF3N2O. The van der Waals surface area contributed by atoms with E-state index in [9.17, 15) is 13.2 Å². The lowest BCUT2D eigenvalue weighted by molar-refractivity contribution is -0.275. The van der Waals surface area contributed by atoms with E-state index in [1.54, 1.807) is 6.07 Å². The van der Waals surface area contributed by atoms with Crippen molar-refractivity contribution in [2.45, 2.75) is 11.7 Å². The molecule has 3 nitrogen and oxygen atoms in total. The van der Waals surface area contributed by atoms with Crippen LogP contribution in [-0.4, -0.2) is 11.3 Å². The molecule has 1 rings (SSSR count). The van der Waals surface area contributed by atoms with E-state index in [1.807, 2.05) is 0 Å². The monoisotopic (exact) mass is 280 g/mol. The van der Waals surface area contributed by atoms with E-state index >= 15 is 0 Å². The third kappa shape index (κ3) is 3.09. The fourth-order valence-corrected chi connectivity index (χ4v) is 1.30. The van der Waals surface area contributed by atoms with Crippen LogP contribution in [0, 0.1) is 11.3 Å². The molecule has 1 aromatic heterocycles. The van der Waals surface area contributed by atoms with Gasteiger partial charge in [0, 0.05) is 11.5 Å². The van der Waals surface area contributed by atoms with Crippen LogP contribution in [0.15, 0.2) is 12.3 Å². The molecular weight excluding hydrogens is 277 g/mol. The van der Waals surface area contributed by atoms with E-state index in [4.69, 9.17) is 5.26 Å². The average molecular weight is 281 g/mol. The highest BCUT2D eigenvalue weighted by atomic mass is 79.9. The van der Waals surface area contributed by atoms with Gasteiger partial charge in [-0.25, -0.2) is 0 Å². The predicted octanol–water partition coefficient (Wildman–Crippen LogP) is 2.75. The van der Waals surface area contributed by atoms with Crippen LogP contribution in [-0.2, 0) is 5.33 Å². The van der Waals surface area contributed by atoms with Crippen molar-refractivity contribution in [2.75, 3.05) is 0 Å². The molecule has 0 bridgehead atoms. The molecule has 0 aromatic carbocycles. The Kier molecular flexibility index (Phi) is 3.52. The first-order valence-electron chi connectivity index (χ1n) is 3.67. The van der Waals surface area contributed by atoms with Crippen LogP contribution >= 0.6 is 15.9 Å². The standard InChI is InChI=1S/C8H4BrF3N2O/c9-3-6-7(15-8(10,11)12)5(4-13)1-2-14-6/h1-2H,3H2. The van der Waals surface area contributed by atoms with Crippen molar-refractivity contribution in [3.63, 3.8) is 0 Å². The highest BCUT2D eigenvalue weighted by Gasteiger charge is 2.33. The van der Waals surface area contributed by atoms with Gasteiger partial charge >= 0.3 is 6.36 Å². The van der Waals surface area contributed by atoms with Crippen molar-refractivity contribution in [3.8, 4) is 11.8 Å². The Bertz CT molecular complexity index is 400. The average Bonchev–Trinajstić information content (AvgIpc) is 2.16. The van der Waals surface area contributed by atoms with E-state index < -0.39 is 12.1 Å². The van der Waals surface area contributed by atoms with Gasteiger partial charge in [-0.2, -0.15) is 5.26 Å². The summed E-state index contributed by atoms with van der Waals surface area (Å²) in [6.07, 6.45) is -3.58. The molecule has 0 aliphatic rings. The molecule has 0 saturated carbocycles. The van der Waals surface area contributed by atoms with Gasteiger partial charge in [-0.1, -0.05) is 15.9 Å². The molecule has 7 heteroatoms. The van der Waals surface area contributed by atoms with Crippen LogP contribution in [0.4, 0.5) is 13.2 Å². The second-order valence-corrected chi connectivity index (χ2v) is 2.99. The smallest absolute Gasteiger partial charge is 0.402 e. The summed E-state index contributed by atoms with van der Waals surface area (Å²) in [5, 5.41) is 8.67. The van der Waals surface area contributed by atoms with Gasteiger partial charge in [0.1, 0.15) is 6.07 Å². The van der Waals surface area contributed by atoms with Gasteiger partial charge < -0.3 is 4.74 Å². The van der Waals surface area contributed by atoms with Gasteiger partial charge in [0.2, 0.25) is 0 Å². The van der Waals surface area contributed by atoms with E-state index in [0.717, 1.165) is 6.07 Å². The molecule has 0 aliphatic carbocycles. The lowest BCUT2D eigenvalue weighted by Gasteiger charge is -2.12. The molecule has 0 aliphatic heterocycles. The normalized spacial score (nSPS) is 10.9. The highest BCUT2D eigenvalue weighted by molar-refractivity contribution is 9.08. The summed E-state index contributed by atoms with van der Waals surface area (Å²) < 4.78 is 39.7. The minimum atomic E-state index is -4.83. The molecule has 1 heterocycles. The Morgan fingerprint density at radius 2 is 2.20 bits per heavy atom. The second-order valence-electron chi connectivity index (χ2n) is 2.43. The number of hydrogen-bond donors (Lipinski definition) is 0. The van der Waals surface area contributed by atoms with Gasteiger partial charge in [0.05, 0.1) is 11.3 Å². The van der Waals surface area contributed by atoms with Crippen LogP contribution in [0.25, 0.3) is 0 Å². The zero-order chi connectivity index (χ0) is 11.5. The fourth-order valence-electron chi connectivity index (χ4n) is 0.904. The summed E-state index contributed by atoms with van der Waals surface area (Å²) in [5.74, 6) is -0.552. The largest absolute Gasteiger partial charge is 0.573 e. The number of pyridine rings is 1. The topological polar surface area (TPSA) is 45.9 Å². The van der Waals surface area contributed by atoms with Crippen molar-refractivity contribution in [2.24, 2.45) is 0 Å². The molecule has 0 spiro atoms. The Hall–Kier alpha value is -1.29. The minimum Gasteiger partial charge on any atom is -0.402 e. The molecule has 0 unspecified atom stereocenters. The SMILES string of the molecule is N#Cc1ccnc(CBr)c1OC(F)(F)F. The first-order chi connectivity index (χ1) is 6.98. The Labute approximate surface area is 91.6 Å². The number of hydrogen-bond acceptors (Lipinski definition) is 3. The first-order valence-corrected chi connectivity index (χ1v) is 4.79. The molecule has 0 saturated heterocycles. The number of aromatic nitrogens is 1. The van der Waals surface area contributed by atoms with Crippen molar-refractivity contribution in [3.05, 3.63) is 23.5 Å². The number of nitrogens with zero attached hydrogens (tertiary/aromatic N) is 2. The summed E-state index contributed by atoms with van der Waals surface area (Å²) in [6, 6.07) is 2.77. The molecule has 0 atom stereocenters. The maximum absolute atomic E-state index is 12.0. The van der Waals surface area contributed by atoms with E-state index in [0.29, 0.717) is 0 Å². The van der Waals surface area contributed by atoms with E-state index in [1.165, 1.54) is 6.20 Å². The van der Waals surface area contributed by atoms with E-state index in [2.05, 4.69) is 25.7 Å². The zero-order valence-electron chi connectivity index (χ0n) is 7.18. The summed E-state index contributed by atoms with van der Waals surface area (Å²) in [7, 11) is 0. The highest BCUT2D eigenvalue weighted by Crippen LogP contribution is 2.29. The maximum Gasteiger partial charge on any atom is 0.573 e. The maximum atomic E-state index is 12.0. The molecule has 80 valence electrons. The van der Waals surface area contributed by atoms with E-state index in [-0.39, 0.29) is 16.6 Å². The van der Waals surface area contributed by atoms with Crippen molar-refractivity contribution < 1.29 is 17.9 Å². The lowest BCUT2D eigenvalue weighted by atomic mass is 10.2. The molecule has 0 radical (unpaired) electrons. The zero-order valence-corrected chi connectivity index (χ0v) is 8.76. The quantitative estimate of drug-likeness (QED) is 0.783. The Balaban J connectivity index is 3.18. The number of alkyl halides is 4. The van der Waals surface area contributed by atoms with Gasteiger partial charge in [0.25, 0.3) is 0 Å². The first kappa shape index (κ1) is 11.8. The molecule has 15 heavy (non-hydrogen) atoms. The van der Waals surface area contributed by atoms with Gasteiger partial charge in [-0.15, -0.1) is 13.2 Å². The summed E-state index contributed by atoms with van der Waals surface area (Å²) in [4.78, 5) is 3.67. The van der Waals surface area contributed by atoms with Crippen LogP contribution in [0.1, 0.15) is 11.3 Å². The van der Waals surface area contributed by atoms with Crippen molar-refractivity contribution in [1.29, 1.82) is 5.26 Å². The van der Waals surface area contributed by atoms with Crippen LogP contribution in [0.2, 0.25) is 0 Å². The van der Waals surface area contributed by atoms with Crippen LogP contribution in [0.5, 0.6) is 5.75 Å². The molecule has 0 amide bonds. The summed E-state index contributed by atoms with van der Waals surface area (Å²) in [6.45, 7) is 0. The minimum absolute atomic E-state index is 0.0337. The number of rotatable bonds is 2.